The zero-order valence-corrected chi connectivity index (χ0v) is 12.6. The molecular formula is C20H17N3. The molecule has 2 atom stereocenters. The van der Waals surface area contributed by atoms with E-state index in [2.05, 4.69) is 58.8 Å². The van der Waals surface area contributed by atoms with Crippen molar-refractivity contribution in [1.29, 1.82) is 0 Å². The predicted molar refractivity (Wildman–Crippen MR) is 92.3 cm³/mol. The van der Waals surface area contributed by atoms with Crippen molar-refractivity contribution in [2.45, 2.75) is 12.2 Å². The standard InChI is InChI=1S/C20H17N3/c1-3-7-15(8-4-1)18-19(16-9-5-2-6-10-16)23-20(22-18)17-11-13-21-14-12-17/h1-14,18,20,22H. The predicted octanol–water partition coefficient (Wildman–Crippen LogP) is 3.91. The van der Waals surface area contributed by atoms with Gasteiger partial charge in [-0.3, -0.25) is 15.3 Å². The van der Waals surface area contributed by atoms with Crippen LogP contribution < -0.4 is 5.32 Å². The molecule has 2 heterocycles. The third-order valence-electron chi connectivity index (χ3n) is 4.09. The molecule has 1 N–H and O–H groups in total. The summed E-state index contributed by atoms with van der Waals surface area (Å²) in [5.74, 6) is 0. The zero-order chi connectivity index (χ0) is 15.5. The lowest BCUT2D eigenvalue weighted by Crippen LogP contribution is -2.23. The molecule has 0 spiro atoms. The van der Waals surface area contributed by atoms with Gasteiger partial charge in [0.15, 0.2) is 0 Å². The van der Waals surface area contributed by atoms with E-state index in [0.29, 0.717) is 0 Å². The van der Waals surface area contributed by atoms with Crippen LogP contribution in [0.15, 0.2) is 90.2 Å². The van der Waals surface area contributed by atoms with Crippen molar-refractivity contribution in [3.63, 3.8) is 0 Å². The number of pyridine rings is 1. The quantitative estimate of drug-likeness (QED) is 0.796. The fourth-order valence-corrected chi connectivity index (χ4v) is 2.95. The Bertz CT molecular complexity index is 798. The van der Waals surface area contributed by atoms with E-state index in [1.54, 1.807) is 0 Å². The van der Waals surface area contributed by atoms with Gasteiger partial charge in [0.2, 0.25) is 0 Å². The van der Waals surface area contributed by atoms with Gasteiger partial charge in [0.1, 0.15) is 6.17 Å². The van der Waals surface area contributed by atoms with E-state index >= 15 is 0 Å². The van der Waals surface area contributed by atoms with Crippen LogP contribution in [0.2, 0.25) is 0 Å². The number of nitrogens with zero attached hydrogens (tertiary/aromatic N) is 2. The molecule has 0 radical (unpaired) electrons. The smallest absolute Gasteiger partial charge is 0.126 e. The van der Waals surface area contributed by atoms with Crippen LogP contribution >= 0.6 is 0 Å². The average Bonchev–Trinajstić information content (AvgIpc) is 3.09. The highest BCUT2D eigenvalue weighted by molar-refractivity contribution is 6.06. The average molecular weight is 299 g/mol. The van der Waals surface area contributed by atoms with E-state index in [1.807, 2.05) is 36.7 Å². The Balaban J connectivity index is 1.76. The van der Waals surface area contributed by atoms with E-state index in [1.165, 1.54) is 5.56 Å². The lowest BCUT2D eigenvalue weighted by molar-refractivity contribution is 0.573. The molecule has 3 heteroatoms. The molecule has 112 valence electrons. The summed E-state index contributed by atoms with van der Waals surface area (Å²) in [6, 6.07) is 25.0. The largest absolute Gasteiger partial charge is 0.280 e. The lowest BCUT2D eigenvalue weighted by Gasteiger charge is -2.16. The molecule has 0 aliphatic carbocycles. The molecule has 1 aromatic heterocycles. The first-order chi connectivity index (χ1) is 11.4. The summed E-state index contributed by atoms with van der Waals surface area (Å²) in [4.78, 5) is 9.06. The molecule has 23 heavy (non-hydrogen) atoms. The van der Waals surface area contributed by atoms with Crippen molar-refractivity contribution < 1.29 is 0 Å². The molecule has 2 aromatic carbocycles. The SMILES string of the molecule is c1ccc(C2=NC(c3ccncc3)NC2c2ccccc2)cc1. The first kappa shape index (κ1) is 13.9. The summed E-state index contributed by atoms with van der Waals surface area (Å²) >= 11 is 0. The van der Waals surface area contributed by atoms with Crippen LogP contribution in [0, 0.1) is 0 Å². The van der Waals surface area contributed by atoms with Crippen LogP contribution in [0.25, 0.3) is 0 Å². The van der Waals surface area contributed by atoms with Gasteiger partial charge >= 0.3 is 0 Å². The Morgan fingerprint density at radius 3 is 2.04 bits per heavy atom. The summed E-state index contributed by atoms with van der Waals surface area (Å²) in [6.07, 6.45) is 3.58. The van der Waals surface area contributed by atoms with Crippen LogP contribution in [0.5, 0.6) is 0 Å². The van der Waals surface area contributed by atoms with Gasteiger partial charge in [0, 0.05) is 12.4 Å². The van der Waals surface area contributed by atoms with E-state index in [0.717, 1.165) is 16.8 Å². The maximum absolute atomic E-state index is 4.96. The minimum atomic E-state index is -0.0431. The third-order valence-corrected chi connectivity index (χ3v) is 4.09. The molecule has 3 aromatic rings. The van der Waals surface area contributed by atoms with Gasteiger partial charge in [-0.15, -0.1) is 0 Å². The van der Waals surface area contributed by atoms with Crippen molar-refractivity contribution >= 4 is 5.71 Å². The summed E-state index contributed by atoms with van der Waals surface area (Å²) in [5.41, 5.74) is 4.60. The Kier molecular flexibility index (Phi) is 3.70. The Morgan fingerprint density at radius 2 is 1.35 bits per heavy atom. The third kappa shape index (κ3) is 2.79. The fraction of sp³-hybridized carbons (Fsp3) is 0.100. The topological polar surface area (TPSA) is 37.3 Å². The molecule has 0 fully saturated rings. The van der Waals surface area contributed by atoms with Crippen LogP contribution in [0.4, 0.5) is 0 Å². The van der Waals surface area contributed by atoms with Gasteiger partial charge in [-0.2, -0.15) is 0 Å². The molecule has 1 aliphatic heterocycles. The Morgan fingerprint density at radius 1 is 0.696 bits per heavy atom. The van der Waals surface area contributed by atoms with Crippen LogP contribution in [0.1, 0.15) is 28.9 Å². The van der Waals surface area contributed by atoms with E-state index < -0.39 is 0 Å². The normalized spacial score (nSPS) is 20.3. The summed E-state index contributed by atoms with van der Waals surface area (Å²) in [6.45, 7) is 0. The van der Waals surface area contributed by atoms with Gasteiger partial charge in [-0.05, 0) is 28.8 Å². The van der Waals surface area contributed by atoms with E-state index in [9.17, 15) is 0 Å². The van der Waals surface area contributed by atoms with Crippen LogP contribution in [0.3, 0.4) is 0 Å². The molecule has 0 amide bonds. The molecular weight excluding hydrogens is 282 g/mol. The minimum absolute atomic E-state index is 0.0431. The maximum Gasteiger partial charge on any atom is 0.126 e. The Hall–Kier alpha value is -2.78. The fourth-order valence-electron chi connectivity index (χ4n) is 2.95. The molecule has 1 aliphatic rings. The number of hydrogen-bond donors (Lipinski definition) is 1. The summed E-state index contributed by atoms with van der Waals surface area (Å²) < 4.78 is 0. The number of aromatic nitrogens is 1. The van der Waals surface area contributed by atoms with E-state index in [4.69, 9.17) is 4.99 Å². The van der Waals surface area contributed by atoms with Crippen molar-refractivity contribution in [3.8, 4) is 0 Å². The first-order valence-corrected chi connectivity index (χ1v) is 7.76. The molecule has 2 unspecified atom stereocenters. The summed E-state index contributed by atoms with van der Waals surface area (Å²) in [5, 5.41) is 3.64. The molecule has 0 bridgehead atoms. The summed E-state index contributed by atoms with van der Waals surface area (Å²) in [7, 11) is 0. The number of nitrogens with one attached hydrogen (secondary N) is 1. The highest BCUT2D eigenvalue weighted by atomic mass is 15.2. The van der Waals surface area contributed by atoms with Gasteiger partial charge in [-0.25, -0.2) is 0 Å². The monoisotopic (exact) mass is 299 g/mol. The van der Waals surface area contributed by atoms with E-state index in [-0.39, 0.29) is 12.2 Å². The first-order valence-electron chi connectivity index (χ1n) is 7.76. The molecule has 4 rings (SSSR count). The number of aliphatic imine (C=N–C) groups is 1. The molecule has 3 nitrogen and oxygen atoms in total. The lowest BCUT2D eigenvalue weighted by atomic mass is 9.97. The second-order valence-corrected chi connectivity index (χ2v) is 5.57. The van der Waals surface area contributed by atoms with Gasteiger partial charge in [-0.1, -0.05) is 60.7 Å². The highest BCUT2D eigenvalue weighted by Gasteiger charge is 2.30. The maximum atomic E-state index is 4.96. The Labute approximate surface area is 135 Å². The van der Waals surface area contributed by atoms with Crippen LogP contribution in [-0.2, 0) is 0 Å². The number of benzene rings is 2. The van der Waals surface area contributed by atoms with Gasteiger partial charge in [0.25, 0.3) is 0 Å². The minimum Gasteiger partial charge on any atom is -0.280 e. The zero-order valence-electron chi connectivity index (χ0n) is 12.6. The number of hydrogen-bond acceptors (Lipinski definition) is 3. The molecule has 0 saturated carbocycles. The van der Waals surface area contributed by atoms with Crippen LogP contribution in [-0.4, -0.2) is 10.7 Å². The second-order valence-electron chi connectivity index (χ2n) is 5.57. The van der Waals surface area contributed by atoms with Crippen molar-refractivity contribution in [2.75, 3.05) is 0 Å². The van der Waals surface area contributed by atoms with Gasteiger partial charge < -0.3 is 0 Å². The van der Waals surface area contributed by atoms with Crippen molar-refractivity contribution in [3.05, 3.63) is 102 Å². The second kappa shape index (κ2) is 6.15. The van der Waals surface area contributed by atoms with Crippen molar-refractivity contribution in [2.24, 2.45) is 4.99 Å². The molecule has 0 saturated heterocycles. The number of rotatable bonds is 3. The van der Waals surface area contributed by atoms with Crippen molar-refractivity contribution in [1.82, 2.24) is 10.3 Å². The van der Waals surface area contributed by atoms with Gasteiger partial charge in [0.05, 0.1) is 11.8 Å². The highest BCUT2D eigenvalue weighted by Crippen LogP contribution is 2.31.